The van der Waals surface area contributed by atoms with Gasteiger partial charge in [-0.05, 0) is 53.2 Å². The van der Waals surface area contributed by atoms with Crippen LogP contribution in [-0.4, -0.2) is 25.4 Å². The maximum Gasteiger partial charge on any atom is 0.280 e. The Labute approximate surface area is 132 Å². The number of anilines is 1. The minimum Gasteiger partial charge on any atom is -0.316 e. The molecular formula is C13H15BrN4O2S. The van der Waals surface area contributed by atoms with Gasteiger partial charge in [0.25, 0.3) is 10.0 Å². The first-order valence-corrected chi connectivity index (χ1v) is 8.44. The monoisotopic (exact) mass is 370 g/mol. The van der Waals surface area contributed by atoms with Gasteiger partial charge in [0.2, 0.25) is 0 Å². The molecule has 2 aromatic rings. The molecule has 0 bridgehead atoms. The molecule has 0 amide bonds. The van der Waals surface area contributed by atoms with Crippen molar-refractivity contribution < 1.29 is 8.42 Å². The normalized spacial score (nSPS) is 11.4. The minimum absolute atomic E-state index is 0.0357. The van der Waals surface area contributed by atoms with E-state index in [9.17, 15) is 8.42 Å². The molecule has 0 saturated heterocycles. The Morgan fingerprint density at radius 2 is 2.00 bits per heavy atom. The zero-order valence-corrected chi connectivity index (χ0v) is 14.0. The lowest BCUT2D eigenvalue weighted by molar-refractivity contribution is 0.597. The van der Waals surface area contributed by atoms with Crippen molar-refractivity contribution in [3.63, 3.8) is 0 Å². The van der Waals surface area contributed by atoms with Crippen LogP contribution in [0.1, 0.15) is 11.1 Å². The fourth-order valence-electron chi connectivity index (χ4n) is 1.71. The van der Waals surface area contributed by atoms with Crippen LogP contribution in [0.2, 0.25) is 0 Å². The van der Waals surface area contributed by atoms with Gasteiger partial charge in [0, 0.05) is 23.4 Å². The molecular weight excluding hydrogens is 356 g/mol. The van der Waals surface area contributed by atoms with Gasteiger partial charge in [-0.3, -0.25) is 4.72 Å². The molecule has 0 unspecified atom stereocenters. The third-order valence-corrected chi connectivity index (χ3v) is 4.42. The van der Waals surface area contributed by atoms with Crippen LogP contribution in [0.5, 0.6) is 0 Å². The molecule has 0 aliphatic rings. The van der Waals surface area contributed by atoms with Crippen molar-refractivity contribution in [2.45, 2.75) is 18.5 Å². The molecule has 0 saturated carbocycles. The summed E-state index contributed by atoms with van der Waals surface area (Å²) in [6, 6.07) is 4.98. The summed E-state index contributed by atoms with van der Waals surface area (Å²) in [5.74, 6) is 0.291. The molecule has 2 rings (SSSR count). The van der Waals surface area contributed by atoms with Crippen molar-refractivity contribution in [2.75, 3.05) is 11.8 Å². The first kappa shape index (κ1) is 15.9. The molecule has 0 fully saturated rings. The molecule has 2 aromatic heterocycles. The Balaban J connectivity index is 2.25. The smallest absolute Gasteiger partial charge is 0.280 e. The molecule has 112 valence electrons. The topological polar surface area (TPSA) is 84.0 Å². The number of nitrogens with zero attached hydrogens (tertiary/aromatic N) is 2. The van der Waals surface area contributed by atoms with E-state index in [4.69, 9.17) is 0 Å². The van der Waals surface area contributed by atoms with E-state index in [1.54, 1.807) is 19.1 Å². The average molecular weight is 371 g/mol. The van der Waals surface area contributed by atoms with Gasteiger partial charge < -0.3 is 5.32 Å². The Bertz CT molecular complexity index is 732. The highest BCUT2D eigenvalue weighted by atomic mass is 79.9. The number of aromatic nitrogens is 2. The molecule has 6 nitrogen and oxygen atoms in total. The number of rotatable bonds is 5. The lowest BCUT2D eigenvalue weighted by atomic mass is 10.3. The van der Waals surface area contributed by atoms with E-state index in [-0.39, 0.29) is 5.03 Å². The van der Waals surface area contributed by atoms with Gasteiger partial charge in [-0.1, -0.05) is 6.07 Å². The second-order valence-electron chi connectivity index (χ2n) is 4.46. The third kappa shape index (κ3) is 3.99. The third-order valence-electron chi connectivity index (χ3n) is 2.73. The summed E-state index contributed by atoms with van der Waals surface area (Å²) in [5.41, 5.74) is 1.63. The van der Waals surface area contributed by atoms with Crippen LogP contribution in [0, 0.1) is 6.92 Å². The molecule has 2 heterocycles. The number of hydrogen-bond donors (Lipinski definition) is 2. The van der Waals surface area contributed by atoms with E-state index in [1.165, 1.54) is 18.5 Å². The summed E-state index contributed by atoms with van der Waals surface area (Å²) in [5, 5.41) is 2.94. The lowest BCUT2D eigenvalue weighted by Crippen LogP contribution is -2.16. The zero-order chi connectivity index (χ0) is 15.5. The first-order chi connectivity index (χ1) is 9.92. The molecule has 0 aliphatic carbocycles. The summed E-state index contributed by atoms with van der Waals surface area (Å²) in [7, 11) is -1.93. The van der Waals surface area contributed by atoms with E-state index in [0.717, 1.165) is 15.6 Å². The molecule has 21 heavy (non-hydrogen) atoms. The number of pyridine rings is 2. The Kier molecular flexibility index (Phi) is 4.92. The van der Waals surface area contributed by atoms with Gasteiger partial charge in [0.05, 0.1) is 0 Å². The van der Waals surface area contributed by atoms with E-state index in [2.05, 4.69) is 35.9 Å². The largest absolute Gasteiger partial charge is 0.316 e. The summed E-state index contributed by atoms with van der Waals surface area (Å²) in [6.07, 6.45) is 3.07. The number of halogens is 1. The van der Waals surface area contributed by atoms with Crippen LogP contribution in [0.3, 0.4) is 0 Å². The zero-order valence-electron chi connectivity index (χ0n) is 11.6. The maximum absolute atomic E-state index is 12.3. The minimum atomic E-state index is -3.74. The van der Waals surface area contributed by atoms with E-state index in [0.29, 0.717) is 12.4 Å². The van der Waals surface area contributed by atoms with E-state index < -0.39 is 10.0 Å². The summed E-state index contributed by atoms with van der Waals surface area (Å²) in [6.45, 7) is 2.41. The molecule has 0 aliphatic heterocycles. The summed E-state index contributed by atoms with van der Waals surface area (Å²) >= 11 is 3.29. The number of nitrogens with one attached hydrogen (secondary N) is 2. The van der Waals surface area contributed by atoms with Crippen LogP contribution in [0.25, 0.3) is 0 Å². The van der Waals surface area contributed by atoms with Crippen molar-refractivity contribution in [3.8, 4) is 0 Å². The first-order valence-electron chi connectivity index (χ1n) is 6.17. The standard InChI is InChI=1S/C13H15BrN4O2S/c1-9-5-11(14)8-17-13(9)18-21(19,20)12-4-3-10(6-15-2)7-16-12/h3-5,7-8,15H,6H2,1-2H3,(H,17,18). The van der Waals surface area contributed by atoms with Gasteiger partial charge in [-0.15, -0.1) is 0 Å². The average Bonchev–Trinajstić information content (AvgIpc) is 2.43. The van der Waals surface area contributed by atoms with Gasteiger partial charge in [0.15, 0.2) is 5.03 Å². The van der Waals surface area contributed by atoms with Gasteiger partial charge >= 0.3 is 0 Å². The Morgan fingerprint density at radius 3 is 2.57 bits per heavy atom. The molecule has 8 heteroatoms. The summed E-state index contributed by atoms with van der Waals surface area (Å²) in [4.78, 5) is 8.05. The predicted molar refractivity (Wildman–Crippen MR) is 84.5 cm³/mol. The van der Waals surface area contributed by atoms with E-state index >= 15 is 0 Å². The van der Waals surface area contributed by atoms with Gasteiger partial charge in [0.1, 0.15) is 5.82 Å². The fraction of sp³-hybridized carbons (Fsp3) is 0.231. The lowest BCUT2D eigenvalue weighted by Gasteiger charge is -2.09. The quantitative estimate of drug-likeness (QED) is 0.841. The van der Waals surface area contributed by atoms with Crippen LogP contribution in [-0.2, 0) is 16.6 Å². The highest BCUT2D eigenvalue weighted by molar-refractivity contribution is 9.10. The maximum atomic E-state index is 12.3. The fourth-order valence-corrected chi connectivity index (χ4v) is 3.16. The van der Waals surface area contributed by atoms with Crippen molar-refractivity contribution in [3.05, 3.63) is 46.2 Å². The summed E-state index contributed by atoms with van der Waals surface area (Å²) < 4.78 is 27.8. The Hall–Kier alpha value is -1.51. The SMILES string of the molecule is CNCc1ccc(S(=O)(=O)Nc2ncc(Br)cc2C)nc1. The second kappa shape index (κ2) is 6.50. The van der Waals surface area contributed by atoms with Gasteiger partial charge in [-0.2, -0.15) is 8.42 Å². The van der Waals surface area contributed by atoms with E-state index in [1.807, 2.05) is 7.05 Å². The molecule has 2 N–H and O–H groups in total. The van der Waals surface area contributed by atoms with Crippen molar-refractivity contribution in [2.24, 2.45) is 0 Å². The van der Waals surface area contributed by atoms with Crippen LogP contribution in [0.15, 0.2) is 40.1 Å². The molecule has 0 radical (unpaired) electrons. The van der Waals surface area contributed by atoms with Crippen molar-refractivity contribution in [1.29, 1.82) is 0 Å². The van der Waals surface area contributed by atoms with Crippen molar-refractivity contribution >= 4 is 31.8 Å². The number of aryl methyl sites for hydroxylation is 1. The number of hydrogen-bond acceptors (Lipinski definition) is 5. The number of sulfonamides is 1. The molecule has 0 atom stereocenters. The molecule has 0 aromatic carbocycles. The van der Waals surface area contributed by atoms with Crippen LogP contribution in [0.4, 0.5) is 5.82 Å². The predicted octanol–water partition coefficient (Wildman–Crippen LogP) is 2.07. The highest BCUT2D eigenvalue weighted by Crippen LogP contribution is 2.19. The highest BCUT2D eigenvalue weighted by Gasteiger charge is 2.17. The second-order valence-corrected chi connectivity index (χ2v) is 7.00. The van der Waals surface area contributed by atoms with Crippen molar-refractivity contribution in [1.82, 2.24) is 15.3 Å². The van der Waals surface area contributed by atoms with Gasteiger partial charge in [-0.25, -0.2) is 9.97 Å². The Morgan fingerprint density at radius 1 is 1.24 bits per heavy atom. The molecule has 0 spiro atoms. The van der Waals surface area contributed by atoms with Crippen LogP contribution >= 0.6 is 15.9 Å². The van der Waals surface area contributed by atoms with Crippen LogP contribution < -0.4 is 10.0 Å².